The zero-order valence-corrected chi connectivity index (χ0v) is 7.87. The Morgan fingerprint density at radius 3 is 2.33 bits per heavy atom. The van der Waals surface area contributed by atoms with Crippen molar-refractivity contribution in [3.63, 3.8) is 0 Å². The topological polar surface area (TPSA) is 75.4 Å². The number of amides is 1. The standard InChI is InChI=1S/C8H18N2O2/c1-5(4-11)10-8(12)6(2)7(3)9/h5-7,11H,4,9H2,1-3H3,(H,10,12)/t5-,6?,7?/m0/s1. The quantitative estimate of drug-likeness (QED) is 0.536. The molecule has 0 saturated heterocycles. The maximum atomic E-state index is 11.3. The molecule has 4 N–H and O–H groups in total. The van der Waals surface area contributed by atoms with E-state index in [1.54, 1.807) is 20.8 Å². The summed E-state index contributed by atoms with van der Waals surface area (Å²) in [7, 11) is 0. The molecule has 0 rings (SSSR count). The van der Waals surface area contributed by atoms with E-state index in [1.165, 1.54) is 0 Å². The van der Waals surface area contributed by atoms with E-state index in [9.17, 15) is 4.79 Å². The van der Waals surface area contributed by atoms with Crippen molar-refractivity contribution in [1.29, 1.82) is 0 Å². The summed E-state index contributed by atoms with van der Waals surface area (Å²) in [6.45, 7) is 5.25. The van der Waals surface area contributed by atoms with Gasteiger partial charge in [0.15, 0.2) is 0 Å². The van der Waals surface area contributed by atoms with E-state index in [0.717, 1.165) is 0 Å². The molecular formula is C8H18N2O2. The SMILES string of the molecule is CC(N)C(C)C(=O)N[C@@H](C)CO. The van der Waals surface area contributed by atoms with Gasteiger partial charge >= 0.3 is 0 Å². The molecule has 3 atom stereocenters. The molecule has 0 aromatic heterocycles. The molecule has 0 bridgehead atoms. The van der Waals surface area contributed by atoms with Gasteiger partial charge in [-0.15, -0.1) is 0 Å². The molecule has 0 aromatic carbocycles. The first kappa shape index (κ1) is 11.4. The van der Waals surface area contributed by atoms with Crippen molar-refractivity contribution in [2.24, 2.45) is 11.7 Å². The van der Waals surface area contributed by atoms with Crippen LogP contribution in [0, 0.1) is 5.92 Å². The number of carbonyl (C=O) groups excluding carboxylic acids is 1. The van der Waals surface area contributed by atoms with Crippen molar-refractivity contribution in [1.82, 2.24) is 5.32 Å². The molecule has 0 spiro atoms. The fourth-order valence-corrected chi connectivity index (χ4v) is 0.659. The maximum absolute atomic E-state index is 11.3. The van der Waals surface area contributed by atoms with Crippen molar-refractivity contribution in [2.75, 3.05) is 6.61 Å². The van der Waals surface area contributed by atoms with E-state index in [1.807, 2.05) is 0 Å². The molecular weight excluding hydrogens is 156 g/mol. The van der Waals surface area contributed by atoms with Gasteiger partial charge in [-0.3, -0.25) is 4.79 Å². The largest absolute Gasteiger partial charge is 0.394 e. The van der Waals surface area contributed by atoms with E-state index < -0.39 is 0 Å². The number of hydrogen-bond acceptors (Lipinski definition) is 3. The Bertz CT molecular complexity index is 148. The van der Waals surface area contributed by atoms with Crippen molar-refractivity contribution in [3.05, 3.63) is 0 Å². The second kappa shape index (κ2) is 5.11. The lowest BCUT2D eigenvalue weighted by atomic mass is 10.0. The van der Waals surface area contributed by atoms with Crippen LogP contribution in [0.2, 0.25) is 0 Å². The highest BCUT2D eigenvalue weighted by Gasteiger charge is 2.17. The average Bonchev–Trinajstić information content (AvgIpc) is 2.02. The summed E-state index contributed by atoms with van der Waals surface area (Å²) in [4.78, 5) is 11.3. The lowest BCUT2D eigenvalue weighted by Gasteiger charge is -2.18. The molecule has 0 aliphatic rings. The summed E-state index contributed by atoms with van der Waals surface area (Å²) >= 11 is 0. The number of rotatable bonds is 4. The number of nitrogens with one attached hydrogen (secondary N) is 1. The monoisotopic (exact) mass is 174 g/mol. The van der Waals surface area contributed by atoms with E-state index >= 15 is 0 Å². The molecule has 72 valence electrons. The van der Waals surface area contributed by atoms with Gasteiger partial charge in [0.25, 0.3) is 0 Å². The molecule has 12 heavy (non-hydrogen) atoms. The normalized spacial score (nSPS) is 18.1. The lowest BCUT2D eigenvalue weighted by Crippen LogP contribution is -2.43. The van der Waals surface area contributed by atoms with E-state index in [4.69, 9.17) is 10.8 Å². The highest BCUT2D eigenvalue weighted by atomic mass is 16.3. The van der Waals surface area contributed by atoms with Crippen molar-refractivity contribution >= 4 is 5.91 Å². The van der Waals surface area contributed by atoms with Crippen molar-refractivity contribution < 1.29 is 9.90 Å². The van der Waals surface area contributed by atoms with Crippen LogP contribution in [0.5, 0.6) is 0 Å². The van der Waals surface area contributed by atoms with E-state index in [2.05, 4.69) is 5.32 Å². The molecule has 0 aliphatic heterocycles. The number of aliphatic hydroxyl groups excluding tert-OH is 1. The van der Waals surface area contributed by atoms with Crippen LogP contribution >= 0.6 is 0 Å². The first-order chi connectivity index (χ1) is 5.49. The first-order valence-corrected chi connectivity index (χ1v) is 4.15. The Hall–Kier alpha value is -0.610. The Balaban J connectivity index is 3.87. The summed E-state index contributed by atoms with van der Waals surface area (Å²) in [5.41, 5.74) is 5.53. The smallest absolute Gasteiger partial charge is 0.224 e. The second-order valence-electron chi connectivity index (χ2n) is 3.24. The fourth-order valence-electron chi connectivity index (χ4n) is 0.659. The molecule has 4 heteroatoms. The molecule has 1 amide bonds. The van der Waals surface area contributed by atoms with Crippen LogP contribution in [-0.2, 0) is 4.79 Å². The molecule has 4 nitrogen and oxygen atoms in total. The Morgan fingerprint density at radius 1 is 1.50 bits per heavy atom. The van der Waals surface area contributed by atoms with Crippen LogP contribution < -0.4 is 11.1 Å². The summed E-state index contributed by atoms with van der Waals surface area (Å²) in [6.07, 6.45) is 0. The van der Waals surface area contributed by atoms with Gasteiger partial charge in [-0.1, -0.05) is 6.92 Å². The second-order valence-corrected chi connectivity index (χ2v) is 3.24. The summed E-state index contributed by atoms with van der Waals surface area (Å²) in [5, 5.41) is 11.3. The van der Waals surface area contributed by atoms with Gasteiger partial charge in [-0.05, 0) is 13.8 Å². The van der Waals surface area contributed by atoms with Crippen LogP contribution in [0.25, 0.3) is 0 Å². The van der Waals surface area contributed by atoms with E-state index in [0.29, 0.717) is 0 Å². The minimum atomic E-state index is -0.209. The number of carbonyl (C=O) groups is 1. The molecule has 0 aromatic rings. The van der Waals surface area contributed by atoms with Crippen LogP contribution in [0.1, 0.15) is 20.8 Å². The third-order valence-electron chi connectivity index (χ3n) is 1.86. The predicted octanol–water partition coefficient (Wildman–Crippen LogP) is -0.533. The minimum Gasteiger partial charge on any atom is -0.394 e. The van der Waals surface area contributed by atoms with Gasteiger partial charge in [-0.25, -0.2) is 0 Å². The summed E-state index contributed by atoms with van der Waals surface area (Å²) in [5.74, 6) is -0.314. The third-order valence-corrected chi connectivity index (χ3v) is 1.86. The van der Waals surface area contributed by atoms with Gasteiger partial charge in [0.05, 0.1) is 6.61 Å². The highest BCUT2D eigenvalue weighted by Crippen LogP contribution is 1.99. The number of nitrogens with two attached hydrogens (primary N) is 1. The third kappa shape index (κ3) is 3.69. The zero-order chi connectivity index (χ0) is 9.72. The summed E-state index contributed by atoms with van der Waals surface area (Å²) in [6, 6.07) is -0.352. The van der Waals surface area contributed by atoms with Crippen molar-refractivity contribution in [2.45, 2.75) is 32.9 Å². The number of aliphatic hydroxyl groups is 1. The summed E-state index contributed by atoms with van der Waals surface area (Å²) < 4.78 is 0. The van der Waals surface area contributed by atoms with Gasteiger partial charge in [0.2, 0.25) is 5.91 Å². The molecule has 0 saturated carbocycles. The van der Waals surface area contributed by atoms with Crippen LogP contribution in [0.15, 0.2) is 0 Å². The van der Waals surface area contributed by atoms with Crippen LogP contribution in [-0.4, -0.2) is 29.7 Å². The molecule has 0 radical (unpaired) electrons. The highest BCUT2D eigenvalue weighted by molar-refractivity contribution is 5.79. The Morgan fingerprint density at radius 2 is 2.00 bits per heavy atom. The van der Waals surface area contributed by atoms with Gasteiger partial charge < -0.3 is 16.2 Å². The van der Waals surface area contributed by atoms with E-state index in [-0.39, 0.29) is 30.5 Å². The lowest BCUT2D eigenvalue weighted by molar-refractivity contribution is -0.125. The number of hydrogen-bond donors (Lipinski definition) is 3. The van der Waals surface area contributed by atoms with Crippen LogP contribution in [0.4, 0.5) is 0 Å². The average molecular weight is 174 g/mol. The zero-order valence-electron chi connectivity index (χ0n) is 7.87. The van der Waals surface area contributed by atoms with Gasteiger partial charge in [0.1, 0.15) is 0 Å². The van der Waals surface area contributed by atoms with Gasteiger partial charge in [0, 0.05) is 18.0 Å². The van der Waals surface area contributed by atoms with Crippen LogP contribution in [0.3, 0.4) is 0 Å². The predicted molar refractivity (Wildman–Crippen MR) is 47.5 cm³/mol. The molecule has 0 fully saturated rings. The van der Waals surface area contributed by atoms with Gasteiger partial charge in [-0.2, -0.15) is 0 Å². The maximum Gasteiger partial charge on any atom is 0.224 e. The van der Waals surface area contributed by atoms with Crippen molar-refractivity contribution in [3.8, 4) is 0 Å². The first-order valence-electron chi connectivity index (χ1n) is 4.15. The molecule has 2 unspecified atom stereocenters. The fraction of sp³-hybridized carbons (Fsp3) is 0.875. The molecule has 0 aliphatic carbocycles. The Kier molecular flexibility index (Phi) is 4.85. The Labute approximate surface area is 73.1 Å². The molecule has 0 heterocycles. The minimum absolute atomic E-state index is 0.0442.